The summed E-state index contributed by atoms with van der Waals surface area (Å²) < 4.78 is 40.2. The Bertz CT molecular complexity index is 789. The molecule has 0 bridgehead atoms. The maximum absolute atomic E-state index is 12.2. The maximum Gasteiger partial charge on any atom is 0.573 e. The summed E-state index contributed by atoms with van der Waals surface area (Å²) in [7, 11) is 0. The minimum absolute atomic E-state index is 0.0704. The summed E-state index contributed by atoms with van der Waals surface area (Å²) in [5, 5.41) is 13.4. The Morgan fingerprint density at radius 1 is 1.12 bits per heavy atom. The average molecular weight is 365 g/mol. The number of hydrogen-bond acceptors (Lipinski definition) is 3. The minimum atomic E-state index is -4.77. The monoisotopic (exact) mass is 365 g/mol. The molecule has 0 spiro atoms. The quantitative estimate of drug-likeness (QED) is 0.875. The van der Waals surface area contributed by atoms with E-state index < -0.39 is 23.6 Å². The van der Waals surface area contributed by atoms with Gasteiger partial charge in [0.15, 0.2) is 0 Å². The van der Waals surface area contributed by atoms with Gasteiger partial charge in [-0.1, -0.05) is 24.3 Å². The number of carbonyl (C=O) groups excluding carboxylic acids is 1. The van der Waals surface area contributed by atoms with E-state index in [4.69, 9.17) is 0 Å². The van der Waals surface area contributed by atoms with Gasteiger partial charge in [-0.25, -0.2) is 0 Å². The molecule has 0 fully saturated rings. The largest absolute Gasteiger partial charge is 0.573 e. The van der Waals surface area contributed by atoms with Gasteiger partial charge < -0.3 is 15.2 Å². The molecule has 1 amide bonds. The first-order valence-corrected chi connectivity index (χ1v) is 8.17. The van der Waals surface area contributed by atoms with Crippen molar-refractivity contribution in [1.82, 2.24) is 5.32 Å². The first-order valence-electron chi connectivity index (χ1n) is 8.17. The van der Waals surface area contributed by atoms with Crippen molar-refractivity contribution in [1.29, 1.82) is 0 Å². The Kier molecular flexibility index (Phi) is 4.91. The number of ether oxygens (including phenoxy) is 1. The molecule has 2 aromatic rings. The summed E-state index contributed by atoms with van der Waals surface area (Å²) in [6.07, 6.45) is -3.07. The van der Waals surface area contributed by atoms with E-state index in [0.29, 0.717) is 12.8 Å². The van der Waals surface area contributed by atoms with Gasteiger partial charge in [0.25, 0.3) is 5.91 Å². The van der Waals surface area contributed by atoms with E-state index in [-0.39, 0.29) is 12.1 Å². The number of rotatable bonds is 4. The smallest absolute Gasteiger partial charge is 0.406 e. The van der Waals surface area contributed by atoms with Crippen LogP contribution in [-0.2, 0) is 12.8 Å². The van der Waals surface area contributed by atoms with Crippen LogP contribution in [-0.4, -0.2) is 29.5 Å². The molecule has 138 valence electrons. The number of aryl methyl sites for hydroxylation is 1. The van der Waals surface area contributed by atoms with Crippen molar-refractivity contribution in [3.05, 3.63) is 65.2 Å². The second-order valence-corrected chi connectivity index (χ2v) is 6.42. The predicted molar refractivity (Wildman–Crippen MR) is 88.9 cm³/mol. The van der Waals surface area contributed by atoms with Crippen molar-refractivity contribution in [2.45, 2.75) is 31.2 Å². The normalized spacial score (nSPS) is 19.5. The topological polar surface area (TPSA) is 58.6 Å². The highest BCUT2D eigenvalue weighted by molar-refractivity contribution is 5.94. The third kappa shape index (κ3) is 4.54. The molecular weight excluding hydrogens is 347 g/mol. The molecule has 0 saturated carbocycles. The second kappa shape index (κ2) is 6.99. The summed E-state index contributed by atoms with van der Waals surface area (Å²) in [6, 6.07) is 12.5. The van der Waals surface area contributed by atoms with Crippen LogP contribution in [0.3, 0.4) is 0 Å². The van der Waals surface area contributed by atoms with Crippen LogP contribution in [0.15, 0.2) is 48.5 Å². The molecule has 3 rings (SSSR count). The number of carbonyl (C=O) groups is 1. The van der Waals surface area contributed by atoms with Gasteiger partial charge in [0.2, 0.25) is 0 Å². The molecule has 1 aliphatic carbocycles. The van der Waals surface area contributed by atoms with E-state index in [1.54, 1.807) is 0 Å². The van der Waals surface area contributed by atoms with Crippen LogP contribution in [0.2, 0.25) is 0 Å². The van der Waals surface area contributed by atoms with Gasteiger partial charge >= 0.3 is 6.36 Å². The second-order valence-electron chi connectivity index (χ2n) is 6.42. The lowest BCUT2D eigenvalue weighted by molar-refractivity contribution is -0.274. The first kappa shape index (κ1) is 18.3. The lowest BCUT2D eigenvalue weighted by atomic mass is 9.80. The molecule has 1 atom stereocenters. The molecule has 0 unspecified atom stereocenters. The average Bonchev–Trinajstić information content (AvgIpc) is 2.59. The van der Waals surface area contributed by atoms with Crippen LogP contribution >= 0.6 is 0 Å². The Hall–Kier alpha value is -2.54. The van der Waals surface area contributed by atoms with Crippen LogP contribution in [0.5, 0.6) is 5.75 Å². The molecule has 1 aliphatic rings. The summed E-state index contributed by atoms with van der Waals surface area (Å²) >= 11 is 0. The number of hydrogen-bond donors (Lipinski definition) is 2. The molecule has 0 saturated heterocycles. The SMILES string of the molecule is O=C(NC[C@]1(O)CCc2ccccc2C1)c1ccc(OC(F)(F)F)cc1. The van der Waals surface area contributed by atoms with Crippen molar-refractivity contribution in [2.24, 2.45) is 0 Å². The van der Waals surface area contributed by atoms with E-state index in [1.165, 1.54) is 17.7 Å². The van der Waals surface area contributed by atoms with Gasteiger partial charge in [-0.15, -0.1) is 13.2 Å². The molecule has 4 nitrogen and oxygen atoms in total. The molecule has 7 heteroatoms. The highest BCUT2D eigenvalue weighted by Crippen LogP contribution is 2.28. The van der Waals surface area contributed by atoms with Crippen molar-refractivity contribution in [2.75, 3.05) is 6.54 Å². The summed E-state index contributed by atoms with van der Waals surface area (Å²) in [6.45, 7) is 0.0704. The molecule has 2 aromatic carbocycles. The summed E-state index contributed by atoms with van der Waals surface area (Å²) in [5.74, 6) is -0.854. The fourth-order valence-corrected chi connectivity index (χ4v) is 3.09. The zero-order valence-corrected chi connectivity index (χ0v) is 13.8. The van der Waals surface area contributed by atoms with E-state index in [0.717, 1.165) is 24.1 Å². The van der Waals surface area contributed by atoms with Crippen molar-refractivity contribution in [3.63, 3.8) is 0 Å². The van der Waals surface area contributed by atoms with Crippen LogP contribution < -0.4 is 10.1 Å². The Morgan fingerprint density at radius 3 is 2.42 bits per heavy atom. The third-order valence-electron chi connectivity index (χ3n) is 4.43. The van der Waals surface area contributed by atoms with Gasteiger partial charge in [0.05, 0.1) is 5.60 Å². The van der Waals surface area contributed by atoms with E-state index >= 15 is 0 Å². The first-order chi connectivity index (χ1) is 12.2. The van der Waals surface area contributed by atoms with Gasteiger partial charge in [-0.2, -0.15) is 0 Å². The number of benzene rings is 2. The van der Waals surface area contributed by atoms with Crippen LogP contribution in [0.4, 0.5) is 13.2 Å². The number of alkyl halides is 3. The number of aliphatic hydroxyl groups is 1. The zero-order valence-electron chi connectivity index (χ0n) is 13.8. The lowest BCUT2D eigenvalue weighted by Crippen LogP contribution is -2.46. The van der Waals surface area contributed by atoms with E-state index in [2.05, 4.69) is 10.1 Å². The Labute approximate surface area is 148 Å². The Morgan fingerprint density at radius 2 is 1.77 bits per heavy atom. The molecule has 26 heavy (non-hydrogen) atoms. The molecule has 0 aliphatic heterocycles. The third-order valence-corrected chi connectivity index (χ3v) is 4.43. The van der Waals surface area contributed by atoms with Gasteiger partial charge in [-0.3, -0.25) is 4.79 Å². The maximum atomic E-state index is 12.2. The number of nitrogens with one attached hydrogen (secondary N) is 1. The highest BCUT2D eigenvalue weighted by Gasteiger charge is 2.33. The minimum Gasteiger partial charge on any atom is -0.406 e. The van der Waals surface area contributed by atoms with Crippen LogP contribution in [0.25, 0.3) is 0 Å². The van der Waals surface area contributed by atoms with Gasteiger partial charge in [-0.05, 0) is 48.2 Å². The van der Waals surface area contributed by atoms with Crippen molar-refractivity contribution in [3.8, 4) is 5.75 Å². The molecule has 0 aromatic heterocycles. The number of halogens is 3. The van der Waals surface area contributed by atoms with Crippen molar-refractivity contribution < 1.29 is 27.8 Å². The summed E-state index contributed by atoms with van der Waals surface area (Å²) in [4.78, 5) is 12.2. The molecule has 0 heterocycles. The highest BCUT2D eigenvalue weighted by atomic mass is 19.4. The Balaban J connectivity index is 1.59. The van der Waals surface area contributed by atoms with E-state index in [9.17, 15) is 23.1 Å². The zero-order chi connectivity index (χ0) is 18.8. The molecule has 0 radical (unpaired) electrons. The lowest BCUT2D eigenvalue weighted by Gasteiger charge is -2.33. The van der Waals surface area contributed by atoms with Gasteiger partial charge in [0, 0.05) is 18.5 Å². The van der Waals surface area contributed by atoms with Crippen LogP contribution in [0.1, 0.15) is 27.9 Å². The standard InChI is InChI=1S/C19H18F3NO3/c20-19(21,22)26-16-7-5-14(6-8-16)17(24)23-12-18(25)10-9-13-3-1-2-4-15(13)11-18/h1-8,25H,9-12H2,(H,23,24)/t18-/m0/s1. The number of fused-ring (bicyclic) bond motifs is 1. The van der Waals surface area contributed by atoms with Crippen LogP contribution in [0, 0.1) is 0 Å². The molecule has 2 N–H and O–H groups in total. The van der Waals surface area contributed by atoms with Crippen molar-refractivity contribution >= 4 is 5.91 Å². The molecular formula is C19H18F3NO3. The fourth-order valence-electron chi connectivity index (χ4n) is 3.09. The predicted octanol–water partition coefficient (Wildman–Crippen LogP) is 3.24. The summed E-state index contributed by atoms with van der Waals surface area (Å²) in [5.41, 5.74) is 1.41. The van der Waals surface area contributed by atoms with Gasteiger partial charge in [0.1, 0.15) is 5.75 Å². The number of amides is 1. The van der Waals surface area contributed by atoms with E-state index in [1.807, 2.05) is 24.3 Å². The fraction of sp³-hybridized carbons (Fsp3) is 0.316.